The van der Waals surface area contributed by atoms with E-state index >= 15 is 0 Å². The van der Waals surface area contributed by atoms with Crippen LogP contribution in [0.3, 0.4) is 0 Å². The third-order valence-corrected chi connectivity index (χ3v) is 4.84. The zero-order valence-electron chi connectivity index (χ0n) is 11.9. The molecule has 2 unspecified atom stereocenters. The highest BCUT2D eigenvalue weighted by molar-refractivity contribution is 9.10. The highest BCUT2D eigenvalue weighted by atomic mass is 79.9. The maximum atomic E-state index is 11.3. The minimum atomic E-state index is -0.332. The van der Waals surface area contributed by atoms with Gasteiger partial charge in [0, 0.05) is 23.6 Å². The van der Waals surface area contributed by atoms with Gasteiger partial charge in [-0.25, -0.2) is 0 Å². The van der Waals surface area contributed by atoms with Crippen molar-refractivity contribution in [3.05, 3.63) is 55.2 Å². The van der Waals surface area contributed by atoms with Crippen LogP contribution < -0.4 is 4.90 Å². The summed E-state index contributed by atoms with van der Waals surface area (Å²) >= 11 is 5.03. The summed E-state index contributed by atoms with van der Waals surface area (Å²) in [5.74, 6) is 0. The molecule has 0 spiro atoms. The van der Waals surface area contributed by atoms with Crippen molar-refractivity contribution in [2.24, 2.45) is 0 Å². The highest BCUT2D eigenvalue weighted by Gasteiger charge is 2.30. The van der Waals surface area contributed by atoms with Crippen molar-refractivity contribution in [2.75, 3.05) is 18.0 Å². The molecule has 0 bridgehead atoms. The molecule has 3 rings (SSSR count). The lowest BCUT2D eigenvalue weighted by atomic mass is 10.1. The number of ether oxygens (including phenoxy) is 1. The molecule has 0 aliphatic carbocycles. The molecule has 0 N–H and O–H groups in total. The fourth-order valence-corrected chi connectivity index (χ4v) is 3.75. The first kappa shape index (κ1) is 15.5. The lowest BCUT2D eigenvalue weighted by molar-refractivity contribution is -0.384. The smallest absolute Gasteiger partial charge is 0.292 e. The fraction of sp³-hybridized carbons (Fsp3) is 0.333. The van der Waals surface area contributed by atoms with Gasteiger partial charge in [-0.3, -0.25) is 10.1 Å². The number of nitro benzene ring substituents is 1. The summed E-state index contributed by atoms with van der Waals surface area (Å²) in [6, 6.07) is 7.09. The Kier molecular flexibility index (Phi) is 4.46. The molecule has 0 amide bonds. The molecule has 1 saturated heterocycles. The van der Waals surface area contributed by atoms with Gasteiger partial charge in [0.25, 0.3) is 5.69 Å². The summed E-state index contributed by atoms with van der Waals surface area (Å²) in [5, 5.41) is 15.4. The molecule has 116 valence electrons. The SMILES string of the molecule is CC1CN(c2cc(Br)ccc2[N+](=O)[O-])CC(c2ccsc2)O1. The van der Waals surface area contributed by atoms with Crippen LogP contribution in [0.1, 0.15) is 18.6 Å². The van der Waals surface area contributed by atoms with Crippen LogP contribution in [0.2, 0.25) is 0 Å². The Morgan fingerprint density at radius 3 is 2.91 bits per heavy atom. The molecule has 1 fully saturated rings. The number of nitrogens with zero attached hydrogens (tertiary/aromatic N) is 2. The van der Waals surface area contributed by atoms with Gasteiger partial charge in [-0.2, -0.15) is 11.3 Å². The quantitative estimate of drug-likeness (QED) is 0.583. The van der Waals surface area contributed by atoms with Gasteiger partial charge in [0.2, 0.25) is 0 Å². The maximum absolute atomic E-state index is 11.3. The van der Waals surface area contributed by atoms with Crippen LogP contribution in [-0.2, 0) is 4.74 Å². The molecule has 1 aromatic heterocycles. The minimum absolute atomic E-state index is 0.0113. The fourth-order valence-electron chi connectivity index (χ4n) is 2.69. The summed E-state index contributed by atoms with van der Waals surface area (Å²) in [6.45, 7) is 3.24. The molecule has 1 aromatic carbocycles. The van der Waals surface area contributed by atoms with Crippen LogP contribution in [0.15, 0.2) is 39.5 Å². The monoisotopic (exact) mass is 382 g/mol. The summed E-state index contributed by atoms with van der Waals surface area (Å²) in [5.41, 5.74) is 1.88. The second-order valence-electron chi connectivity index (χ2n) is 5.29. The van der Waals surface area contributed by atoms with Crippen molar-refractivity contribution < 1.29 is 9.66 Å². The number of anilines is 1. The normalized spacial score (nSPS) is 21.8. The minimum Gasteiger partial charge on any atom is -0.367 e. The number of halogens is 1. The molecule has 1 aliphatic heterocycles. The van der Waals surface area contributed by atoms with E-state index in [1.165, 1.54) is 0 Å². The predicted molar refractivity (Wildman–Crippen MR) is 90.6 cm³/mol. The molecule has 7 heteroatoms. The van der Waals surface area contributed by atoms with E-state index in [2.05, 4.69) is 21.3 Å². The van der Waals surface area contributed by atoms with Crippen LogP contribution >= 0.6 is 27.3 Å². The molecular formula is C15H15BrN2O3S. The van der Waals surface area contributed by atoms with Crippen LogP contribution in [-0.4, -0.2) is 24.1 Å². The Labute approximate surface area is 140 Å². The van der Waals surface area contributed by atoms with Gasteiger partial charge >= 0.3 is 0 Å². The van der Waals surface area contributed by atoms with Crippen molar-refractivity contribution in [3.63, 3.8) is 0 Å². The van der Waals surface area contributed by atoms with Gasteiger partial charge in [0.15, 0.2) is 0 Å². The van der Waals surface area contributed by atoms with Crippen LogP contribution in [0.4, 0.5) is 11.4 Å². The first-order valence-electron chi connectivity index (χ1n) is 6.91. The molecular weight excluding hydrogens is 368 g/mol. The van der Waals surface area contributed by atoms with Crippen molar-refractivity contribution in [1.82, 2.24) is 0 Å². The highest BCUT2D eigenvalue weighted by Crippen LogP contribution is 2.36. The summed E-state index contributed by atoms with van der Waals surface area (Å²) in [4.78, 5) is 13.0. The lowest BCUT2D eigenvalue weighted by Gasteiger charge is -2.37. The van der Waals surface area contributed by atoms with Gasteiger partial charge in [0.1, 0.15) is 11.8 Å². The average molecular weight is 383 g/mol. The Balaban J connectivity index is 1.94. The van der Waals surface area contributed by atoms with E-state index in [0.29, 0.717) is 18.8 Å². The topological polar surface area (TPSA) is 55.6 Å². The predicted octanol–water partition coefficient (Wildman–Crippen LogP) is 4.39. The molecule has 0 radical (unpaired) electrons. The van der Waals surface area contributed by atoms with Crippen molar-refractivity contribution in [3.8, 4) is 0 Å². The second-order valence-corrected chi connectivity index (χ2v) is 6.98. The summed E-state index contributed by atoms with van der Waals surface area (Å²) < 4.78 is 6.83. The van der Waals surface area contributed by atoms with Gasteiger partial charge in [-0.05, 0) is 41.4 Å². The third kappa shape index (κ3) is 3.16. The van der Waals surface area contributed by atoms with Crippen LogP contribution in [0, 0.1) is 10.1 Å². The van der Waals surface area contributed by atoms with E-state index in [1.54, 1.807) is 29.5 Å². The average Bonchev–Trinajstić information content (AvgIpc) is 3.00. The first-order chi connectivity index (χ1) is 10.5. The maximum Gasteiger partial charge on any atom is 0.292 e. The van der Waals surface area contributed by atoms with Crippen molar-refractivity contribution in [2.45, 2.75) is 19.1 Å². The number of hydrogen-bond acceptors (Lipinski definition) is 5. The Morgan fingerprint density at radius 2 is 2.23 bits per heavy atom. The first-order valence-corrected chi connectivity index (χ1v) is 8.64. The van der Waals surface area contributed by atoms with Crippen molar-refractivity contribution in [1.29, 1.82) is 0 Å². The lowest BCUT2D eigenvalue weighted by Crippen LogP contribution is -2.43. The Hall–Kier alpha value is -1.44. The largest absolute Gasteiger partial charge is 0.367 e. The van der Waals surface area contributed by atoms with Crippen molar-refractivity contribution >= 4 is 38.6 Å². The van der Waals surface area contributed by atoms with E-state index in [9.17, 15) is 10.1 Å². The number of nitro groups is 1. The number of morpholine rings is 1. The molecule has 2 heterocycles. The zero-order chi connectivity index (χ0) is 15.7. The third-order valence-electron chi connectivity index (χ3n) is 3.65. The van der Waals surface area contributed by atoms with E-state index in [1.807, 2.05) is 23.3 Å². The van der Waals surface area contributed by atoms with E-state index in [-0.39, 0.29) is 22.8 Å². The molecule has 1 aliphatic rings. The number of hydrogen-bond donors (Lipinski definition) is 0. The Morgan fingerprint density at radius 1 is 1.41 bits per heavy atom. The second kappa shape index (κ2) is 6.36. The van der Waals surface area contributed by atoms with Gasteiger partial charge in [0.05, 0.1) is 11.0 Å². The van der Waals surface area contributed by atoms with Gasteiger partial charge in [-0.1, -0.05) is 15.9 Å². The summed E-state index contributed by atoms with van der Waals surface area (Å²) in [7, 11) is 0. The number of rotatable bonds is 3. The van der Waals surface area contributed by atoms with E-state index < -0.39 is 0 Å². The van der Waals surface area contributed by atoms with Crippen LogP contribution in [0.25, 0.3) is 0 Å². The van der Waals surface area contributed by atoms with E-state index in [4.69, 9.17) is 4.74 Å². The van der Waals surface area contributed by atoms with Gasteiger partial charge in [-0.15, -0.1) is 0 Å². The number of benzene rings is 1. The zero-order valence-corrected chi connectivity index (χ0v) is 14.3. The molecule has 22 heavy (non-hydrogen) atoms. The van der Waals surface area contributed by atoms with Gasteiger partial charge < -0.3 is 9.64 Å². The molecule has 2 aromatic rings. The summed E-state index contributed by atoms with van der Waals surface area (Å²) in [6.07, 6.45) is -0.0502. The number of thiophene rings is 1. The standard InChI is InChI=1S/C15H15BrN2O3S/c1-10-7-17(8-15(21-10)11-4-5-22-9-11)14-6-12(16)2-3-13(14)18(19)20/h2-6,9-10,15H,7-8H2,1H3. The molecule has 5 nitrogen and oxygen atoms in total. The van der Waals surface area contributed by atoms with E-state index in [0.717, 1.165) is 10.0 Å². The Bertz CT molecular complexity index is 677. The molecule has 0 saturated carbocycles. The molecule has 2 atom stereocenters. The van der Waals surface area contributed by atoms with Crippen LogP contribution in [0.5, 0.6) is 0 Å².